The molecule has 3 rings (SSSR count). The van der Waals surface area contributed by atoms with Gasteiger partial charge in [0.05, 0.1) is 13.7 Å². The maximum absolute atomic E-state index is 12.3. The number of nitrogens with zero attached hydrogens (tertiary/aromatic N) is 1. The Morgan fingerprint density at radius 2 is 1.83 bits per heavy atom. The fourth-order valence-electron chi connectivity index (χ4n) is 3.15. The summed E-state index contributed by atoms with van der Waals surface area (Å²) in [4.78, 5) is 37.8. The van der Waals surface area contributed by atoms with Crippen molar-refractivity contribution < 1.29 is 28.6 Å². The molecule has 2 aromatic rings. The van der Waals surface area contributed by atoms with Crippen LogP contribution < -0.4 is 14.4 Å². The molecule has 2 aromatic carbocycles. The fraction of sp³-hybridized carbons (Fsp3) is 0.348. The smallest absolute Gasteiger partial charge is 0.306 e. The zero-order chi connectivity index (χ0) is 21.3. The third kappa shape index (κ3) is 5.83. The van der Waals surface area contributed by atoms with Gasteiger partial charge in [-0.3, -0.25) is 14.4 Å². The lowest BCUT2D eigenvalue weighted by atomic mass is 10.1. The van der Waals surface area contributed by atoms with E-state index in [1.54, 1.807) is 60.5 Å². The van der Waals surface area contributed by atoms with Crippen LogP contribution >= 0.6 is 0 Å². The first kappa shape index (κ1) is 21.4. The number of methoxy groups -OCH3 is 1. The third-order valence-electron chi connectivity index (χ3n) is 4.77. The Hall–Kier alpha value is -3.35. The average Bonchev–Trinajstić information content (AvgIpc) is 3.21. The van der Waals surface area contributed by atoms with Crippen LogP contribution in [0.2, 0.25) is 0 Å². The van der Waals surface area contributed by atoms with Gasteiger partial charge in [0, 0.05) is 30.6 Å². The second-order valence-corrected chi connectivity index (χ2v) is 6.91. The van der Waals surface area contributed by atoms with Crippen LogP contribution in [-0.2, 0) is 14.3 Å². The van der Waals surface area contributed by atoms with Gasteiger partial charge in [0.2, 0.25) is 5.91 Å². The van der Waals surface area contributed by atoms with Crippen molar-refractivity contribution in [3.8, 4) is 11.5 Å². The van der Waals surface area contributed by atoms with Gasteiger partial charge in [0.15, 0.2) is 12.4 Å². The second-order valence-electron chi connectivity index (χ2n) is 6.91. The van der Waals surface area contributed by atoms with Crippen LogP contribution in [0.3, 0.4) is 0 Å². The van der Waals surface area contributed by atoms with Crippen LogP contribution in [0.25, 0.3) is 0 Å². The average molecular weight is 411 g/mol. The van der Waals surface area contributed by atoms with Crippen molar-refractivity contribution in [2.24, 2.45) is 0 Å². The summed E-state index contributed by atoms with van der Waals surface area (Å²) in [5.74, 6) is 0.741. The van der Waals surface area contributed by atoms with E-state index in [1.165, 1.54) is 0 Å². The molecule has 0 aromatic heterocycles. The number of hydrogen-bond donors (Lipinski definition) is 0. The standard InChI is InChI=1S/C23H25NO6/c1-28-19-9-11-20(12-10-19)29-14-4-8-23(27)30-16-21(25)17-5-2-6-18(15-17)24-13-3-7-22(24)26/h2,5-6,9-12,15H,3-4,7-8,13-14,16H2,1H3. The van der Waals surface area contributed by atoms with E-state index in [2.05, 4.69) is 0 Å². The van der Waals surface area contributed by atoms with Gasteiger partial charge < -0.3 is 19.1 Å². The first-order chi connectivity index (χ1) is 14.6. The molecule has 7 nitrogen and oxygen atoms in total. The zero-order valence-electron chi connectivity index (χ0n) is 17.0. The summed E-state index contributed by atoms with van der Waals surface area (Å²) in [7, 11) is 1.59. The molecule has 0 radical (unpaired) electrons. The largest absolute Gasteiger partial charge is 0.497 e. The molecule has 0 bridgehead atoms. The maximum Gasteiger partial charge on any atom is 0.306 e. The van der Waals surface area contributed by atoms with E-state index in [9.17, 15) is 14.4 Å². The molecular weight excluding hydrogens is 386 g/mol. The van der Waals surface area contributed by atoms with E-state index in [0.717, 1.165) is 12.2 Å². The minimum atomic E-state index is -0.451. The topological polar surface area (TPSA) is 82.1 Å². The molecule has 1 saturated heterocycles. The summed E-state index contributed by atoms with van der Waals surface area (Å²) >= 11 is 0. The molecule has 1 amide bonds. The van der Waals surface area contributed by atoms with Crippen LogP contribution in [0.5, 0.6) is 11.5 Å². The Morgan fingerprint density at radius 3 is 2.53 bits per heavy atom. The summed E-state index contributed by atoms with van der Waals surface area (Å²) in [5.41, 5.74) is 1.12. The van der Waals surface area contributed by atoms with E-state index in [4.69, 9.17) is 14.2 Å². The Balaban J connectivity index is 1.39. The molecule has 0 saturated carbocycles. The van der Waals surface area contributed by atoms with E-state index in [-0.39, 0.29) is 24.7 Å². The van der Waals surface area contributed by atoms with Gasteiger partial charge in [-0.25, -0.2) is 0 Å². The molecule has 0 aliphatic carbocycles. The van der Waals surface area contributed by atoms with Gasteiger partial charge in [-0.2, -0.15) is 0 Å². The van der Waals surface area contributed by atoms with Crippen molar-refractivity contribution in [2.45, 2.75) is 25.7 Å². The highest BCUT2D eigenvalue weighted by atomic mass is 16.5. The summed E-state index contributed by atoms with van der Waals surface area (Å²) in [6, 6.07) is 14.0. The maximum atomic E-state index is 12.3. The molecule has 7 heteroatoms. The summed E-state index contributed by atoms with van der Waals surface area (Å²) in [6.07, 6.45) is 1.98. The number of rotatable bonds is 10. The number of esters is 1. The van der Waals surface area contributed by atoms with Gasteiger partial charge in [-0.1, -0.05) is 12.1 Å². The number of carbonyl (C=O) groups excluding carboxylic acids is 3. The van der Waals surface area contributed by atoms with Crippen molar-refractivity contribution in [1.82, 2.24) is 0 Å². The van der Waals surface area contributed by atoms with E-state index in [0.29, 0.717) is 43.0 Å². The monoisotopic (exact) mass is 411 g/mol. The molecule has 0 spiro atoms. The van der Waals surface area contributed by atoms with Crippen LogP contribution in [-0.4, -0.2) is 44.5 Å². The van der Waals surface area contributed by atoms with Crippen molar-refractivity contribution >= 4 is 23.3 Å². The second kappa shape index (κ2) is 10.4. The van der Waals surface area contributed by atoms with Crippen molar-refractivity contribution in [2.75, 3.05) is 31.8 Å². The molecule has 0 unspecified atom stereocenters. The number of ether oxygens (including phenoxy) is 3. The van der Waals surface area contributed by atoms with Crippen molar-refractivity contribution in [3.63, 3.8) is 0 Å². The number of benzene rings is 2. The van der Waals surface area contributed by atoms with Crippen LogP contribution in [0.15, 0.2) is 48.5 Å². The first-order valence-electron chi connectivity index (χ1n) is 9.93. The third-order valence-corrected chi connectivity index (χ3v) is 4.77. The highest BCUT2D eigenvalue weighted by molar-refractivity contribution is 6.01. The highest BCUT2D eigenvalue weighted by Gasteiger charge is 2.22. The van der Waals surface area contributed by atoms with Gasteiger partial charge >= 0.3 is 5.97 Å². The molecule has 1 heterocycles. The molecule has 30 heavy (non-hydrogen) atoms. The van der Waals surface area contributed by atoms with Crippen LogP contribution in [0.1, 0.15) is 36.0 Å². The van der Waals surface area contributed by atoms with Crippen molar-refractivity contribution in [1.29, 1.82) is 0 Å². The number of ketones is 1. The SMILES string of the molecule is COc1ccc(OCCCC(=O)OCC(=O)c2cccc(N3CCCC3=O)c2)cc1. The van der Waals surface area contributed by atoms with Gasteiger partial charge in [0.1, 0.15) is 11.5 Å². The zero-order valence-corrected chi connectivity index (χ0v) is 17.0. The quantitative estimate of drug-likeness (QED) is 0.339. The predicted molar refractivity (Wildman–Crippen MR) is 111 cm³/mol. The Kier molecular flexibility index (Phi) is 7.43. The number of amides is 1. The molecule has 0 atom stereocenters. The molecule has 1 fully saturated rings. The lowest BCUT2D eigenvalue weighted by Crippen LogP contribution is -2.24. The highest BCUT2D eigenvalue weighted by Crippen LogP contribution is 2.22. The summed E-state index contributed by atoms with van der Waals surface area (Å²) < 4.78 is 15.7. The van der Waals surface area contributed by atoms with Gasteiger partial charge in [-0.05, 0) is 49.2 Å². The van der Waals surface area contributed by atoms with Crippen molar-refractivity contribution in [3.05, 3.63) is 54.1 Å². The number of anilines is 1. The molecule has 0 N–H and O–H groups in total. The van der Waals surface area contributed by atoms with Crippen LogP contribution in [0.4, 0.5) is 5.69 Å². The van der Waals surface area contributed by atoms with Gasteiger partial charge in [-0.15, -0.1) is 0 Å². The summed E-state index contributed by atoms with van der Waals surface area (Å²) in [6.45, 7) is 0.695. The Morgan fingerprint density at radius 1 is 1.07 bits per heavy atom. The lowest BCUT2D eigenvalue weighted by molar-refractivity contribution is -0.142. The van der Waals surface area contributed by atoms with E-state index < -0.39 is 5.97 Å². The Bertz CT molecular complexity index is 893. The predicted octanol–water partition coefficient (Wildman–Crippen LogP) is 3.41. The molecule has 1 aliphatic heterocycles. The summed E-state index contributed by atoms with van der Waals surface area (Å²) in [5, 5.41) is 0. The lowest BCUT2D eigenvalue weighted by Gasteiger charge is -2.16. The fourth-order valence-corrected chi connectivity index (χ4v) is 3.15. The molecular formula is C23H25NO6. The normalized spacial score (nSPS) is 13.2. The first-order valence-corrected chi connectivity index (χ1v) is 9.93. The number of hydrogen-bond acceptors (Lipinski definition) is 6. The number of carbonyl (C=O) groups is 3. The Labute approximate surface area is 175 Å². The number of Topliss-reactive ketones (excluding diaryl/α,β-unsaturated/α-hetero) is 1. The minimum Gasteiger partial charge on any atom is -0.497 e. The molecule has 158 valence electrons. The van der Waals surface area contributed by atoms with E-state index >= 15 is 0 Å². The molecule has 1 aliphatic rings. The minimum absolute atomic E-state index is 0.0582. The van der Waals surface area contributed by atoms with Crippen LogP contribution in [0, 0.1) is 0 Å². The van der Waals surface area contributed by atoms with E-state index in [1.807, 2.05) is 0 Å². The van der Waals surface area contributed by atoms with Gasteiger partial charge in [0.25, 0.3) is 0 Å².